The number of hydrogen-bond acceptors (Lipinski definition) is 5. The number of fused-ring (bicyclic) bond motifs is 1. The number of benzene rings is 2. The van der Waals surface area contributed by atoms with E-state index in [1.165, 1.54) is 6.42 Å². The Morgan fingerprint density at radius 3 is 2.67 bits per heavy atom. The zero-order valence-electron chi connectivity index (χ0n) is 23.4. The molecule has 0 radical (unpaired) electrons. The van der Waals surface area contributed by atoms with Gasteiger partial charge in [0.05, 0.1) is 30.7 Å². The molecule has 0 unspecified atom stereocenters. The highest BCUT2D eigenvalue weighted by molar-refractivity contribution is 6.14. The number of nitrogens with one attached hydrogen (secondary N) is 3. The third kappa shape index (κ3) is 6.09. The summed E-state index contributed by atoms with van der Waals surface area (Å²) in [5, 5.41) is 7.56. The minimum atomic E-state index is -0.118. The second-order valence-corrected chi connectivity index (χ2v) is 10.6. The fraction of sp³-hybridized carbons (Fsp3) is 0.375. The lowest BCUT2D eigenvalue weighted by atomic mass is 10.0. The maximum absolute atomic E-state index is 13.5. The largest absolute Gasteiger partial charge is 0.385 e. The van der Waals surface area contributed by atoms with E-state index in [0.717, 1.165) is 89.6 Å². The Morgan fingerprint density at radius 2 is 1.90 bits per heavy atom. The number of carbonyl (C=O) groups excluding carboxylic acids is 1. The molecule has 4 aromatic rings. The van der Waals surface area contributed by atoms with Crippen LogP contribution in [0.5, 0.6) is 0 Å². The molecule has 1 aliphatic rings. The van der Waals surface area contributed by atoms with E-state index in [1.807, 2.05) is 37.5 Å². The molecule has 0 saturated carbocycles. The highest BCUT2D eigenvalue weighted by Crippen LogP contribution is 2.31. The fourth-order valence-electron chi connectivity index (χ4n) is 5.17. The Hall–Kier alpha value is -3.84. The normalized spacial score (nSPS) is 14.4. The van der Waals surface area contributed by atoms with Crippen LogP contribution in [0.4, 0.5) is 17.1 Å². The molecule has 2 aromatic carbocycles. The van der Waals surface area contributed by atoms with Gasteiger partial charge in [-0.2, -0.15) is 0 Å². The first-order chi connectivity index (χ1) is 18.9. The van der Waals surface area contributed by atoms with Crippen LogP contribution in [0, 0.1) is 19.8 Å². The summed E-state index contributed by atoms with van der Waals surface area (Å²) in [5.41, 5.74) is 8.61. The number of aryl methyl sites for hydroxylation is 2. The third-order valence-corrected chi connectivity index (χ3v) is 7.78. The van der Waals surface area contributed by atoms with Crippen LogP contribution >= 0.6 is 0 Å². The third-order valence-electron chi connectivity index (χ3n) is 7.78. The van der Waals surface area contributed by atoms with Crippen LogP contribution in [0.1, 0.15) is 48.3 Å². The van der Waals surface area contributed by atoms with Gasteiger partial charge in [0.25, 0.3) is 5.91 Å². The second kappa shape index (κ2) is 11.9. The standard InChI is InChI=1S/C32H39N5O2/c1-5-21(2)10-11-34-29-9-7-26(16-22(29)3)36-32(38)31-23(4)35-30-8-6-24(18-28(30)31)25-17-27(20-33-19-25)37-12-14-39-15-13-37/h6-9,16-21,34-35H,5,10-15H2,1-4H3,(H,36,38)/t21-/m1/s1. The van der Waals surface area contributed by atoms with Gasteiger partial charge in [0.1, 0.15) is 0 Å². The van der Waals surface area contributed by atoms with Gasteiger partial charge in [0.2, 0.25) is 0 Å². The molecule has 0 spiro atoms. The molecule has 7 nitrogen and oxygen atoms in total. The lowest BCUT2D eigenvalue weighted by molar-refractivity contribution is 0.102. The summed E-state index contributed by atoms with van der Waals surface area (Å²) in [4.78, 5) is 23.7. The number of hydrogen-bond donors (Lipinski definition) is 3. The average molecular weight is 526 g/mol. The molecule has 204 valence electrons. The van der Waals surface area contributed by atoms with E-state index in [0.29, 0.717) is 11.5 Å². The molecular weight excluding hydrogens is 486 g/mol. The van der Waals surface area contributed by atoms with Crippen LogP contribution < -0.4 is 15.5 Å². The number of pyridine rings is 1. The molecule has 3 N–H and O–H groups in total. The van der Waals surface area contributed by atoms with Crippen LogP contribution in [0.15, 0.2) is 54.9 Å². The highest BCUT2D eigenvalue weighted by Gasteiger charge is 2.18. The van der Waals surface area contributed by atoms with Crippen LogP contribution in [0.3, 0.4) is 0 Å². The average Bonchev–Trinajstić information content (AvgIpc) is 3.29. The molecule has 7 heteroatoms. The van der Waals surface area contributed by atoms with Crippen LogP contribution in [-0.4, -0.2) is 48.7 Å². The zero-order chi connectivity index (χ0) is 27.4. The molecule has 2 aromatic heterocycles. The number of ether oxygens (including phenoxy) is 1. The van der Waals surface area contributed by atoms with Crippen molar-refractivity contribution < 1.29 is 9.53 Å². The maximum atomic E-state index is 13.5. The van der Waals surface area contributed by atoms with E-state index < -0.39 is 0 Å². The number of morpholine rings is 1. The Morgan fingerprint density at radius 1 is 1.08 bits per heavy atom. The van der Waals surface area contributed by atoms with E-state index in [4.69, 9.17) is 4.74 Å². The van der Waals surface area contributed by atoms with E-state index in [2.05, 4.69) is 70.5 Å². The Kier molecular flexibility index (Phi) is 8.17. The summed E-state index contributed by atoms with van der Waals surface area (Å²) in [6, 6.07) is 14.4. The lowest BCUT2D eigenvalue weighted by Gasteiger charge is -2.28. The number of anilines is 3. The van der Waals surface area contributed by atoms with Crippen molar-refractivity contribution in [3.05, 3.63) is 71.7 Å². The van der Waals surface area contributed by atoms with Gasteiger partial charge < -0.3 is 25.3 Å². The Labute approximate surface area is 231 Å². The number of H-pyrrole nitrogens is 1. The number of carbonyl (C=O) groups is 1. The predicted molar refractivity (Wildman–Crippen MR) is 161 cm³/mol. The molecule has 39 heavy (non-hydrogen) atoms. The number of rotatable bonds is 9. The lowest BCUT2D eigenvalue weighted by Crippen LogP contribution is -2.36. The van der Waals surface area contributed by atoms with Crippen molar-refractivity contribution in [2.45, 2.75) is 40.5 Å². The first-order valence-electron chi connectivity index (χ1n) is 14.0. The van der Waals surface area contributed by atoms with Gasteiger partial charge in [0.15, 0.2) is 0 Å². The van der Waals surface area contributed by atoms with E-state index >= 15 is 0 Å². The summed E-state index contributed by atoms with van der Waals surface area (Å²) in [5.74, 6) is 0.592. The fourth-order valence-corrected chi connectivity index (χ4v) is 5.17. The molecule has 0 bridgehead atoms. The van der Waals surface area contributed by atoms with Crippen molar-refractivity contribution in [2.75, 3.05) is 48.4 Å². The molecule has 1 fully saturated rings. The highest BCUT2D eigenvalue weighted by atomic mass is 16.5. The van der Waals surface area contributed by atoms with Gasteiger partial charge in [-0.25, -0.2) is 0 Å². The van der Waals surface area contributed by atoms with Gasteiger partial charge in [-0.3, -0.25) is 9.78 Å². The SMILES string of the molecule is CC[C@@H](C)CCNc1ccc(NC(=O)c2c(C)[nH]c3ccc(-c4cncc(N5CCOCC5)c4)cc23)cc1C. The number of aromatic amines is 1. The van der Waals surface area contributed by atoms with Crippen molar-refractivity contribution in [1.82, 2.24) is 9.97 Å². The molecule has 0 aliphatic carbocycles. The molecule has 3 heterocycles. The van der Waals surface area contributed by atoms with Crippen LogP contribution in [0.2, 0.25) is 0 Å². The summed E-state index contributed by atoms with van der Waals surface area (Å²) < 4.78 is 5.50. The van der Waals surface area contributed by atoms with Gasteiger partial charge in [-0.15, -0.1) is 0 Å². The smallest absolute Gasteiger partial charge is 0.258 e. The summed E-state index contributed by atoms with van der Waals surface area (Å²) >= 11 is 0. The van der Waals surface area contributed by atoms with Gasteiger partial charge in [-0.05, 0) is 73.7 Å². The zero-order valence-corrected chi connectivity index (χ0v) is 23.4. The van der Waals surface area contributed by atoms with Gasteiger partial charge in [-0.1, -0.05) is 26.3 Å². The first kappa shape index (κ1) is 26.8. The minimum Gasteiger partial charge on any atom is -0.385 e. The molecular formula is C32H39N5O2. The van der Waals surface area contributed by atoms with Crippen LogP contribution in [-0.2, 0) is 4.74 Å². The molecule has 1 atom stereocenters. The minimum absolute atomic E-state index is 0.118. The Balaban J connectivity index is 1.35. The van der Waals surface area contributed by atoms with Crippen molar-refractivity contribution in [3.8, 4) is 11.1 Å². The monoisotopic (exact) mass is 525 g/mol. The molecule has 1 aliphatic heterocycles. The molecule has 1 amide bonds. The van der Waals surface area contributed by atoms with Crippen molar-refractivity contribution in [2.24, 2.45) is 5.92 Å². The summed E-state index contributed by atoms with van der Waals surface area (Å²) in [6.45, 7) is 12.7. The van der Waals surface area contributed by atoms with Crippen LogP contribution in [0.25, 0.3) is 22.0 Å². The number of nitrogens with zero attached hydrogens (tertiary/aromatic N) is 2. The molecule has 5 rings (SSSR count). The summed E-state index contributed by atoms with van der Waals surface area (Å²) in [6.07, 6.45) is 6.12. The summed E-state index contributed by atoms with van der Waals surface area (Å²) in [7, 11) is 0. The second-order valence-electron chi connectivity index (χ2n) is 10.6. The van der Waals surface area contributed by atoms with Crippen molar-refractivity contribution in [3.63, 3.8) is 0 Å². The Bertz CT molecular complexity index is 1450. The van der Waals surface area contributed by atoms with E-state index in [-0.39, 0.29) is 5.91 Å². The quantitative estimate of drug-likeness (QED) is 0.224. The van der Waals surface area contributed by atoms with E-state index in [9.17, 15) is 4.79 Å². The predicted octanol–water partition coefficient (Wildman–Crippen LogP) is 6.78. The van der Waals surface area contributed by atoms with Gasteiger partial charge in [0, 0.05) is 59.4 Å². The first-order valence-corrected chi connectivity index (χ1v) is 14.0. The number of aromatic nitrogens is 2. The van der Waals surface area contributed by atoms with Crippen molar-refractivity contribution >= 4 is 33.9 Å². The topological polar surface area (TPSA) is 82.3 Å². The van der Waals surface area contributed by atoms with E-state index in [1.54, 1.807) is 0 Å². The van der Waals surface area contributed by atoms with Crippen molar-refractivity contribution in [1.29, 1.82) is 0 Å². The maximum Gasteiger partial charge on any atom is 0.258 e. The van der Waals surface area contributed by atoms with Gasteiger partial charge >= 0.3 is 0 Å². The number of amides is 1. The molecule has 1 saturated heterocycles.